The molecule has 1 fully saturated rings. The lowest BCUT2D eigenvalue weighted by Gasteiger charge is -2.34. The normalized spacial score (nSPS) is 20.3. The fourth-order valence-electron chi connectivity index (χ4n) is 2.57. The molecule has 0 aromatic carbocycles. The van der Waals surface area contributed by atoms with Crippen LogP contribution in [0.4, 0.5) is 5.82 Å². The lowest BCUT2D eigenvalue weighted by Crippen LogP contribution is -2.55. The number of rotatable bonds is 5. The second kappa shape index (κ2) is 8.11. The number of hydrogen-bond donors (Lipinski definition) is 4. The van der Waals surface area contributed by atoms with Gasteiger partial charge in [0.25, 0.3) is 0 Å². The molecule has 0 bridgehead atoms. The Labute approximate surface area is 146 Å². The maximum Gasteiger partial charge on any atom is 0.314 e. The van der Waals surface area contributed by atoms with E-state index in [1.165, 1.54) is 4.68 Å². The van der Waals surface area contributed by atoms with Crippen LogP contribution in [-0.4, -0.2) is 40.1 Å². The standard InChI is InChI=1S/C16H26N6O3/c1-5-6-17-14(24)15(25)19-12-7-10(4)21-22(12)16-18-11(9(2)3)8-13(23)20-16/h7,9,11,16,18H,5-6,8H2,1-4H3,(H,17,24)(H,19,25)(H,20,23). The molecule has 1 aromatic heterocycles. The maximum absolute atomic E-state index is 12.0. The first-order valence-corrected chi connectivity index (χ1v) is 8.52. The molecule has 2 unspecified atom stereocenters. The second-order valence-corrected chi connectivity index (χ2v) is 6.52. The highest BCUT2D eigenvalue weighted by Gasteiger charge is 2.30. The fraction of sp³-hybridized carbons (Fsp3) is 0.625. The first-order chi connectivity index (χ1) is 11.8. The number of anilines is 1. The lowest BCUT2D eigenvalue weighted by molar-refractivity contribution is -0.136. The zero-order valence-corrected chi connectivity index (χ0v) is 15.0. The van der Waals surface area contributed by atoms with E-state index in [1.54, 1.807) is 13.0 Å². The number of aryl methyl sites for hydroxylation is 1. The van der Waals surface area contributed by atoms with Gasteiger partial charge in [-0.2, -0.15) is 5.10 Å². The Morgan fingerprint density at radius 3 is 2.76 bits per heavy atom. The highest BCUT2D eigenvalue weighted by molar-refractivity contribution is 6.39. The van der Waals surface area contributed by atoms with Crippen molar-refractivity contribution < 1.29 is 14.4 Å². The van der Waals surface area contributed by atoms with Crippen LogP contribution in [0.25, 0.3) is 0 Å². The molecule has 4 N–H and O–H groups in total. The van der Waals surface area contributed by atoms with Crippen molar-refractivity contribution >= 4 is 23.5 Å². The summed E-state index contributed by atoms with van der Waals surface area (Å²) in [6.45, 7) is 8.17. The molecule has 138 valence electrons. The molecule has 9 heteroatoms. The number of carbonyl (C=O) groups is 3. The van der Waals surface area contributed by atoms with Crippen molar-refractivity contribution in [2.75, 3.05) is 11.9 Å². The molecule has 25 heavy (non-hydrogen) atoms. The number of nitrogens with one attached hydrogen (secondary N) is 4. The molecule has 2 atom stereocenters. The van der Waals surface area contributed by atoms with Crippen molar-refractivity contribution in [1.82, 2.24) is 25.7 Å². The van der Waals surface area contributed by atoms with Crippen LogP contribution in [0.3, 0.4) is 0 Å². The van der Waals surface area contributed by atoms with Crippen LogP contribution in [0.1, 0.15) is 45.6 Å². The summed E-state index contributed by atoms with van der Waals surface area (Å²) in [6.07, 6.45) is 0.538. The summed E-state index contributed by atoms with van der Waals surface area (Å²) >= 11 is 0. The Balaban J connectivity index is 2.15. The van der Waals surface area contributed by atoms with Gasteiger partial charge in [-0.05, 0) is 19.3 Å². The number of amides is 3. The average molecular weight is 350 g/mol. The van der Waals surface area contributed by atoms with Gasteiger partial charge in [0, 0.05) is 25.1 Å². The molecule has 9 nitrogen and oxygen atoms in total. The molecule has 0 saturated carbocycles. The van der Waals surface area contributed by atoms with Crippen LogP contribution in [0.15, 0.2) is 6.07 Å². The minimum Gasteiger partial charge on any atom is -0.348 e. The molecular weight excluding hydrogens is 324 g/mol. The van der Waals surface area contributed by atoms with Gasteiger partial charge in [-0.3, -0.25) is 19.7 Å². The van der Waals surface area contributed by atoms with Gasteiger partial charge < -0.3 is 16.0 Å². The van der Waals surface area contributed by atoms with Crippen LogP contribution >= 0.6 is 0 Å². The summed E-state index contributed by atoms with van der Waals surface area (Å²) in [7, 11) is 0. The van der Waals surface area contributed by atoms with Crippen molar-refractivity contribution in [2.45, 2.75) is 52.9 Å². The summed E-state index contributed by atoms with van der Waals surface area (Å²) in [5.74, 6) is -0.946. The highest BCUT2D eigenvalue weighted by atomic mass is 16.2. The zero-order valence-electron chi connectivity index (χ0n) is 15.0. The van der Waals surface area contributed by atoms with Crippen LogP contribution < -0.4 is 21.3 Å². The van der Waals surface area contributed by atoms with E-state index in [2.05, 4.69) is 26.4 Å². The summed E-state index contributed by atoms with van der Waals surface area (Å²) in [6, 6.07) is 1.65. The molecular formula is C16H26N6O3. The number of aromatic nitrogens is 2. The van der Waals surface area contributed by atoms with Crippen LogP contribution in [-0.2, 0) is 14.4 Å². The molecule has 0 aliphatic carbocycles. The van der Waals surface area contributed by atoms with Gasteiger partial charge in [-0.25, -0.2) is 4.68 Å². The zero-order chi connectivity index (χ0) is 18.6. The Bertz CT molecular complexity index is 654. The summed E-state index contributed by atoms with van der Waals surface area (Å²) in [4.78, 5) is 35.8. The smallest absolute Gasteiger partial charge is 0.314 e. The molecule has 1 aromatic rings. The third kappa shape index (κ3) is 4.79. The van der Waals surface area contributed by atoms with E-state index in [9.17, 15) is 14.4 Å². The first-order valence-electron chi connectivity index (χ1n) is 8.52. The van der Waals surface area contributed by atoms with E-state index >= 15 is 0 Å². The third-order valence-electron chi connectivity index (χ3n) is 3.97. The quantitative estimate of drug-likeness (QED) is 0.568. The number of carbonyl (C=O) groups excluding carboxylic acids is 3. The Kier molecular flexibility index (Phi) is 6.13. The van der Waals surface area contributed by atoms with Gasteiger partial charge in [-0.1, -0.05) is 20.8 Å². The molecule has 0 spiro atoms. The minimum absolute atomic E-state index is 0.000314. The molecule has 1 aliphatic heterocycles. The van der Waals surface area contributed by atoms with Gasteiger partial charge in [0.05, 0.1) is 5.69 Å². The Hall–Kier alpha value is -2.42. The van der Waals surface area contributed by atoms with Crippen LogP contribution in [0, 0.1) is 12.8 Å². The van der Waals surface area contributed by atoms with Crippen molar-refractivity contribution in [2.24, 2.45) is 5.92 Å². The number of hydrogen-bond acceptors (Lipinski definition) is 5. The van der Waals surface area contributed by atoms with Crippen LogP contribution in [0.5, 0.6) is 0 Å². The molecule has 2 heterocycles. The predicted octanol–water partition coefficient (Wildman–Crippen LogP) is 0.246. The number of nitrogens with zero attached hydrogens (tertiary/aromatic N) is 2. The summed E-state index contributed by atoms with van der Waals surface area (Å²) in [5, 5.41) is 15.5. The summed E-state index contributed by atoms with van der Waals surface area (Å²) < 4.78 is 1.48. The maximum atomic E-state index is 12.0. The van der Waals surface area contributed by atoms with Gasteiger partial charge in [0.15, 0.2) is 6.29 Å². The van der Waals surface area contributed by atoms with Crippen molar-refractivity contribution in [3.05, 3.63) is 11.8 Å². The van der Waals surface area contributed by atoms with Crippen molar-refractivity contribution in [3.63, 3.8) is 0 Å². The SMILES string of the molecule is CCCNC(=O)C(=O)Nc1cc(C)nn1C1NC(=O)CC(C(C)C)N1. The fourth-order valence-corrected chi connectivity index (χ4v) is 2.57. The van der Waals surface area contributed by atoms with Crippen molar-refractivity contribution in [1.29, 1.82) is 0 Å². The molecule has 1 aliphatic rings. The topological polar surface area (TPSA) is 117 Å². The van der Waals surface area contributed by atoms with Crippen molar-refractivity contribution in [3.8, 4) is 0 Å². The van der Waals surface area contributed by atoms with E-state index in [-0.39, 0.29) is 17.9 Å². The monoisotopic (exact) mass is 350 g/mol. The first kappa shape index (κ1) is 18.9. The van der Waals surface area contributed by atoms with Gasteiger partial charge in [-0.15, -0.1) is 0 Å². The highest BCUT2D eigenvalue weighted by Crippen LogP contribution is 2.19. The van der Waals surface area contributed by atoms with E-state index in [0.29, 0.717) is 24.5 Å². The molecule has 1 saturated heterocycles. The lowest BCUT2D eigenvalue weighted by atomic mass is 9.99. The second-order valence-electron chi connectivity index (χ2n) is 6.52. The van der Waals surface area contributed by atoms with Gasteiger partial charge in [0.1, 0.15) is 5.82 Å². The van der Waals surface area contributed by atoms with Gasteiger partial charge >= 0.3 is 11.8 Å². The predicted molar refractivity (Wildman–Crippen MR) is 92.5 cm³/mol. The molecule has 3 amide bonds. The van der Waals surface area contributed by atoms with E-state index in [1.807, 2.05) is 20.8 Å². The Morgan fingerprint density at radius 2 is 2.12 bits per heavy atom. The third-order valence-corrected chi connectivity index (χ3v) is 3.97. The average Bonchev–Trinajstić information content (AvgIpc) is 2.92. The van der Waals surface area contributed by atoms with Crippen LogP contribution in [0.2, 0.25) is 0 Å². The van der Waals surface area contributed by atoms with E-state index < -0.39 is 18.1 Å². The Morgan fingerprint density at radius 1 is 1.40 bits per heavy atom. The van der Waals surface area contributed by atoms with E-state index in [0.717, 1.165) is 6.42 Å². The van der Waals surface area contributed by atoms with Gasteiger partial charge in [0.2, 0.25) is 5.91 Å². The molecule has 2 rings (SSSR count). The summed E-state index contributed by atoms with van der Waals surface area (Å²) in [5.41, 5.74) is 0.659. The largest absolute Gasteiger partial charge is 0.348 e. The minimum atomic E-state index is -0.767. The van der Waals surface area contributed by atoms with E-state index in [4.69, 9.17) is 0 Å². The molecule has 0 radical (unpaired) electrons.